The summed E-state index contributed by atoms with van der Waals surface area (Å²) in [6, 6.07) is 11.3. The molecule has 2 aromatic carbocycles. The van der Waals surface area contributed by atoms with Crippen molar-refractivity contribution in [2.24, 2.45) is 0 Å². The van der Waals surface area contributed by atoms with E-state index in [1.54, 1.807) is 0 Å². The van der Waals surface area contributed by atoms with Crippen molar-refractivity contribution in [3.63, 3.8) is 0 Å². The molecule has 20 heavy (non-hydrogen) atoms. The van der Waals surface area contributed by atoms with E-state index in [-0.39, 0.29) is 0 Å². The van der Waals surface area contributed by atoms with Crippen LogP contribution in [0.4, 0.5) is 0 Å². The van der Waals surface area contributed by atoms with E-state index in [4.69, 9.17) is 27.9 Å². The van der Waals surface area contributed by atoms with Crippen molar-refractivity contribution in [1.82, 2.24) is 5.32 Å². The van der Waals surface area contributed by atoms with Gasteiger partial charge in [-0.2, -0.15) is 0 Å². The molecule has 0 spiro atoms. The number of hydrogen-bond donors (Lipinski definition) is 1. The minimum Gasteiger partial charge on any atom is -0.455 e. The Morgan fingerprint density at radius 1 is 1.05 bits per heavy atom. The van der Waals surface area contributed by atoms with Crippen LogP contribution in [0.15, 0.2) is 36.4 Å². The zero-order chi connectivity index (χ0) is 14.5. The third kappa shape index (κ3) is 3.66. The molecule has 4 heteroatoms. The summed E-state index contributed by atoms with van der Waals surface area (Å²) in [7, 11) is 0. The van der Waals surface area contributed by atoms with E-state index in [1.807, 2.05) is 50.2 Å². The summed E-state index contributed by atoms with van der Waals surface area (Å²) >= 11 is 12.4. The highest BCUT2D eigenvalue weighted by molar-refractivity contribution is 6.32. The van der Waals surface area contributed by atoms with Gasteiger partial charge in [-0.3, -0.25) is 0 Å². The lowest BCUT2D eigenvalue weighted by atomic mass is 10.2. The van der Waals surface area contributed by atoms with Crippen LogP contribution in [0.2, 0.25) is 10.0 Å². The third-order valence-electron chi connectivity index (χ3n) is 2.93. The fourth-order valence-corrected chi connectivity index (χ4v) is 2.37. The largest absolute Gasteiger partial charge is 0.455 e. The van der Waals surface area contributed by atoms with Gasteiger partial charge in [-0.1, -0.05) is 42.3 Å². The van der Waals surface area contributed by atoms with Gasteiger partial charge in [-0.05, 0) is 43.3 Å². The van der Waals surface area contributed by atoms with Crippen LogP contribution in [-0.2, 0) is 6.54 Å². The second kappa shape index (κ2) is 6.98. The maximum Gasteiger partial charge on any atom is 0.146 e. The van der Waals surface area contributed by atoms with Crippen molar-refractivity contribution in [2.45, 2.75) is 20.4 Å². The van der Waals surface area contributed by atoms with Gasteiger partial charge in [0.2, 0.25) is 0 Å². The molecular formula is C16H17Cl2NO. The first-order chi connectivity index (χ1) is 9.61. The Bertz CT molecular complexity index is 599. The summed E-state index contributed by atoms with van der Waals surface area (Å²) in [5.41, 5.74) is 2.04. The first-order valence-electron chi connectivity index (χ1n) is 6.54. The number of rotatable bonds is 5. The average Bonchev–Trinajstić information content (AvgIpc) is 2.41. The molecule has 0 saturated carbocycles. The SMILES string of the molecule is CCNCc1c(Cl)cccc1Oc1ccc(C)cc1Cl. The van der Waals surface area contributed by atoms with E-state index in [9.17, 15) is 0 Å². The Morgan fingerprint density at radius 3 is 2.55 bits per heavy atom. The van der Waals surface area contributed by atoms with Gasteiger partial charge in [0.15, 0.2) is 0 Å². The quantitative estimate of drug-likeness (QED) is 0.819. The molecule has 0 saturated heterocycles. The zero-order valence-corrected chi connectivity index (χ0v) is 13.1. The Hall–Kier alpha value is -1.22. The minimum atomic E-state index is 0.597. The monoisotopic (exact) mass is 309 g/mol. The number of aryl methyl sites for hydroxylation is 1. The van der Waals surface area contributed by atoms with E-state index in [0.717, 1.165) is 23.4 Å². The Labute approximate surface area is 129 Å². The van der Waals surface area contributed by atoms with Gasteiger partial charge in [-0.15, -0.1) is 0 Å². The fourth-order valence-electron chi connectivity index (χ4n) is 1.86. The van der Waals surface area contributed by atoms with Crippen LogP contribution in [0, 0.1) is 6.92 Å². The molecule has 2 rings (SSSR count). The molecule has 0 fully saturated rings. The molecule has 0 heterocycles. The van der Waals surface area contributed by atoms with E-state index in [0.29, 0.717) is 22.3 Å². The molecule has 0 aromatic heterocycles. The highest BCUT2D eigenvalue weighted by Gasteiger charge is 2.10. The summed E-state index contributed by atoms with van der Waals surface area (Å²) in [6.07, 6.45) is 0. The Morgan fingerprint density at radius 2 is 1.85 bits per heavy atom. The topological polar surface area (TPSA) is 21.3 Å². The molecule has 1 N–H and O–H groups in total. The summed E-state index contributed by atoms with van der Waals surface area (Å²) in [5, 5.41) is 4.54. The van der Waals surface area contributed by atoms with Gasteiger partial charge in [0.25, 0.3) is 0 Å². The van der Waals surface area contributed by atoms with E-state index < -0.39 is 0 Å². The van der Waals surface area contributed by atoms with Gasteiger partial charge < -0.3 is 10.1 Å². The molecule has 0 radical (unpaired) electrons. The van der Waals surface area contributed by atoms with Crippen molar-refractivity contribution in [1.29, 1.82) is 0 Å². The average molecular weight is 310 g/mol. The minimum absolute atomic E-state index is 0.597. The van der Waals surface area contributed by atoms with Gasteiger partial charge in [0.05, 0.1) is 5.02 Å². The first kappa shape index (κ1) is 15.2. The van der Waals surface area contributed by atoms with Crippen molar-refractivity contribution in [2.75, 3.05) is 6.54 Å². The van der Waals surface area contributed by atoms with Crippen molar-refractivity contribution in [3.05, 3.63) is 57.6 Å². The highest BCUT2D eigenvalue weighted by atomic mass is 35.5. The smallest absolute Gasteiger partial charge is 0.146 e. The summed E-state index contributed by atoms with van der Waals surface area (Å²) in [4.78, 5) is 0. The number of ether oxygens (including phenoxy) is 1. The fraction of sp³-hybridized carbons (Fsp3) is 0.250. The summed E-state index contributed by atoms with van der Waals surface area (Å²) < 4.78 is 5.92. The number of hydrogen-bond acceptors (Lipinski definition) is 2. The van der Waals surface area contributed by atoms with Gasteiger partial charge >= 0.3 is 0 Å². The van der Waals surface area contributed by atoms with Crippen molar-refractivity contribution in [3.8, 4) is 11.5 Å². The van der Waals surface area contributed by atoms with Crippen LogP contribution in [-0.4, -0.2) is 6.54 Å². The molecule has 0 unspecified atom stereocenters. The lowest BCUT2D eigenvalue weighted by Crippen LogP contribution is -2.12. The lowest BCUT2D eigenvalue weighted by molar-refractivity contribution is 0.473. The molecule has 0 atom stereocenters. The molecule has 2 nitrogen and oxygen atoms in total. The maximum atomic E-state index is 6.24. The van der Waals surface area contributed by atoms with Crippen LogP contribution in [0.25, 0.3) is 0 Å². The lowest BCUT2D eigenvalue weighted by Gasteiger charge is -2.14. The number of benzene rings is 2. The molecule has 106 valence electrons. The molecule has 2 aromatic rings. The van der Waals surface area contributed by atoms with Crippen molar-refractivity contribution < 1.29 is 4.74 Å². The van der Waals surface area contributed by atoms with Crippen LogP contribution in [0.5, 0.6) is 11.5 Å². The second-order valence-electron chi connectivity index (χ2n) is 4.53. The maximum absolute atomic E-state index is 6.24. The number of halogens is 2. The predicted octanol–water partition coefficient (Wildman–Crippen LogP) is 5.20. The predicted molar refractivity (Wildman–Crippen MR) is 85.1 cm³/mol. The van der Waals surface area contributed by atoms with Crippen LogP contribution in [0.3, 0.4) is 0 Å². The molecule has 0 bridgehead atoms. The van der Waals surface area contributed by atoms with Crippen LogP contribution >= 0.6 is 23.2 Å². The van der Waals surface area contributed by atoms with Crippen molar-refractivity contribution >= 4 is 23.2 Å². The zero-order valence-electron chi connectivity index (χ0n) is 11.5. The van der Waals surface area contributed by atoms with E-state index >= 15 is 0 Å². The van der Waals surface area contributed by atoms with Crippen LogP contribution < -0.4 is 10.1 Å². The summed E-state index contributed by atoms with van der Waals surface area (Å²) in [5.74, 6) is 1.36. The normalized spacial score (nSPS) is 10.6. The highest BCUT2D eigenvalue weighted by Crippen LogP contribution is 2.34. The van der Waals surface area contributed by atoms with Gasteiger partial charge in [0, 0.05) is 17.1 Å². The summed E-state index contributed by atoms with van der Waals surface area (Å²) in [6.45, 7) is 5.57. The Kier molecular flexibility index (Phi) is 5.30. The van der Waals surface area contributed by atoms with Gasteiger partial charge in [0.1, 0.15) is 11.5 Å². The van der Waals surface area contributed by atoms with E-state index in [1.165, 1.54) is 0 Å². The van der Waals surface area contributed by atoms with E-state index in [2.05, 4.69) is 5.32 Å². The molecule has 0 aliphatic heterocycles. The molecule has 0 amide bonds. The molecular weight excluding hydrogens is 293 g/mol. The second-order valence-corrected chi connectivity index (χ2v) is 5.35. The third-order valence-corrected chi connectivity index (χ3v) is 3.58. The van der Waals surface area contributed by atoms with Crippen LogP contribution in [0.1, 0.15) is 18.1 Å². The molecule has 0 aliphatic carbocycles. The van der Waals surface area contributed by atoms with Gasteiger partial charge in [-0.25, -0.2) is 0 Å². The first-order valence-corrected chi connectivity index (χ1v) is 7.29. The number of nitrogens with one attached hydrogen (secondary N) is 1. The Balaban J connectivity index is 2.30. The standard InChI is InChI=1S/C16H17Cl2NO/c1-3-19-10-12-13(17)5-4-6-15(12)20-16-8-7-11(2)9-14(16)18/h4-9,19H,3,10H2,1-2H3. The molecule has 0 aliphatic rings.